The largest absolute Gasteiger partial charge is 0.403 e. The van der Waals surface area contributed by atoms with Gasteiger partial charge in [0.25, 0.3) is 5.91 Å². The van der Waals surface area contributed by atoms with Crippen molar-refractivity contribution in [3.8, 4) is 0 Å². The molecule has 1 aromatic rings. The van der Waals surface area contributed by atoms with Crippen LogP contribution in [0, 0.1) is 11.8 Å². The zero-order valence-corrected chi connectivity index (χ0v) is 17.5. The van der Waals surface area contributed by atoms with Gasteiger partial charge >= 0.3 is 6.18 Å². The van der Waals surface area contributed by atoms with E-state index in [1.807, 2.05) is 25.1 Å². The summed E-state index contributed by atoms with van der Waals surface area (Å²) in [6.07, 6.45) is -3.22. The molecule has 4 rings (SSSR count). The number of piperidine rings is 2. The number of rotatable bonds is 3. The Morgan fingerprint density at radius 3 is 2.77 bits per heavy atom. The number of benzene rings is 1. The molecule has 3 heterocycles. The number of amides is 2. The van der Waals surface area contributed by atoms with Gasteiger partial charge in [-0.2, -0.15) is 13.2 Å². The lowest BCUT2D eigenvalue weighted by Crippen LogP contribution is -2.56. The Morgan fingerprint density at radius 1 is 1.19 bits per heavy atom. The first kappa shape index (κ1) is 22.1. The van der Waals surface area contributed by atoms with Crippen LogP contribution in [0.15, 0.2) is 18.2 Å². The number of fused-ring (bicyclic) bond motifs is 1. The molecule has 1 aromatic carbocycles. The number of halogens is 3. The Hall–Kier alpha value is -2.13. The summed E-state index contributed by atoms with van der Waals surface area (Å²) in [4.78, 5) is 25.3. The van der Waals surface area contributed by atoms with Gasteiger partial charge in [0.2, 0.25) is 5.91 Å². The molecule has 0 radical (unpaired) electrons. The van der Waals surface area contributed by atoms with Crippen molar-refractivity contribution in [2.24, 2.45) is 11.8 Å². The van der Waals surface area contributed by atoms with E-state index in [-0.39, 0.29) is 42.5 Å². The van der Waals surface area contributed by atoms with Crippen LogP contribution in [0.5, 0.6) is 0 Å². The maximum absolute atomic E-state index is 13.1. The van der Waals surface area contributed by atoms with Crippen molar-refractivity contribution in [1.29, 1.82) is 0 Å². The van der Waals surface area contributed by atoms with Crippen LogP contribution in [0.2, 0.25) is 0 Å². The number of nitrogens with one attached hydrogen (secondary N) is 4. The summed E-state index contributed by atoms with van der Waals surface area (Å²) < 4.78 is 39.2. The minimum absolute atomic E-state index is 0.00198. The predicted octanol–water partition coefficient (Wildman–Crippen LogP) is 1.71. The maximum Gasteiger partial charge on any atom is 0.403 e. The molecule has 0 saturated carbocycles. The summed E-state index contributed by atoms with van der Waals surface area (Å²) in [5, 5.41) is 11.6. The fourth-order valence-corrected chi connectivity index (χ4v) is 5.22. The zero-order chi connectivity index (χ0) is 22.2. The van der Waals surface area contributed by atoms with E-state index in [2.05, 4.69) is 21.3 Å². The molecule has 0 spiro atoms. The third-order valence-electron chi connectivity index (χ3n) is 7.00. The van der Waals surface area contributed by atoms with Crippen molar-refractivity contribution in [3.63, 3.8) is 0 Å². The third kappa shape index (κ3) is 4.57. The van der Waals surface area contributed by atoms with Crippen LogP contribution in [0.1, 0.15) is 47.2 Å². The number of hydrogen-bond acceptors (Lipinski definition) is 4. The number of carbonyl (C=O) groups excluding carboxylic acids is 2. The van der Waals surface area contributed by atoms with Gasteiger partial charge in [0.05, 0.1) is 5.92 Å². The topological polar surface area (TPSA) is 82.3 Å². The molecule has 0 aromatic heterocycles. The minimum atomic E-state index is -4.31. The van der Waals surface area contributed by atoms with Crippen LogP contribution < -0.4 is 21.3 Å². The SMILES string of the molecule is CC1C(C(=O)NC2CCNC(C(F)(F)F)C2)CNCC1c1cccc2c1CCNC2=O. The van der Waals surface area contributed by atoms with Crippen molar-refractivity contribution in [1.82, 2.24) is 21.3 Å². The van der Waals surface area contributed by atoms with Crippen LogP contribution in [-0.2, 0) is 11.2 Å². The van der Waals surface area contributed by atoms with E-state index < -0.39 is 18.3 Å². The highest BCUT2D eigenvalue weighted by Crippen LogP contribution is 2.36. The molecule has 3 aliphatic heterocycles. The molecule has 4 N–H and O–H groups in total. The Balaban J connectivity index is 1.47. The standard InChI is InChI=1S/C22H29F3N4O2/c1-12-17(14-3-2-4-16-15(14)6-8-28-20(16)30)10-26-11-18(12)21(31)29-13-5-7-27-19(9-13)22(23,24)25/h2-4,12-13,17-19,26-27H,5-11H2,1H3,(H,28,30)(H,29,31). The van der Waals surface area contributed by atoms with E-state index in [9.17, 15) is 22.8 Å². The molecular weight excluding hydrogens is 409 g/mol. The van der Waals surface area contributed by atoms with Crippen LogP contribution >= 0.6 is 0 Å². The van der Waals surface area contributed by atoms with E-state index in [4.69, 9.17) is 0 Å². The quantitative estimate of drug-likeness (QED) is 0.579. The summed E-state index contributed by atoms with van der Waals surface area (Å²) in [6.45, 7) is 4.05. The monoisotopic (exact) mass is 438 g/mol. The van der Waals surface area contributed by atoms with Crippen molar-refractivity contribution >= 4 is 11.8 Å². The molecule has 3 aliphatic rings. The van der Waals surface area contributed by atoms with Gasteiger partial charge in [-0.1, -0.05) is 19.1 Å². The van der Waals surface area contributed by atoms with Gasteiger partial charge in [0.15, 0.2) is 0 Å². The average Bonchev–Trinajstić information content (AvgIpc) is 2.73. The molecular formula is C22H29F3N4O2. The maximum atomic E-state index is 13.1. The Bertz CT molecular complexity index is 845. The summed E-state index contributed by atoms with van der Waals surface area (Å²) in [6, 6.07) is 3.67. The van der Waals surface area contributed by atoms with Crippen molar-refractivity contribution in [2.45, 2.75) is 50.4 Å². The molecule has 0 aliphatic carbocycles. The van der Waals surface area contributed by atoms with E-state index in [0.717, 1.165) is 17.5 Å². The van der Waals surface area contributed by atoms with Crippen molar-refractivity contribution in [3.05, 3.63) is 34.9 Å². The summed E-state index contributed by atoms with van der Waals surface area (Å²) in [5.41, 5.74) is 2.82. The second kappa shape index (κ2) is 8.78. The second-order valence-corrected chi connectivity index (χ2v) is 8.89. The van der Waals surface area contributed by atoms with Gasteiger partial charge in [0.1, 0.15) is 6.04 Å². The average molecular weight is 438 g/mol. The number of hydrogen-bond donors (Lipinski definition) is 4. The van der Waals surface area contributed by atoms with Crippen molar-refractivity contribution < 1.29 is 22.8 Å². The molecule has 0 bridgehead atoms. The zero-order valence-electron chi connectivity index (χ0n) is 17.5. The van der Waals surface area contributed by atoms with Gasteiger partial charge in [-0.3, -0.25) is 9.59 Å². The van der Waals surface area contributed by atoms with Crippen LogP contribution in [0.25, 0.3) is 0 Å². The first-order chi connectivity index (χ1) is 14.8. The second-order valence-electron chi connectivity index (χ2n) is 8.89. The summed E-state index contributed by atoms with van der Waals surface area (Å²) in [5.74, 6) is -0.551. The first-order valence-corrected chi connectivity index (χ1v) is 11.0. The molecule has 5 atom stereocenters. The van der Waals surface area contributed by atoms with Gasteiger partial charge in [0, 0.05) is 37.2 Å². The van der Waals surface area contributed by atoms with Crippen LogP contribution in [-0.4, -0.2) is 56.3 Å². The lowest BCUT2D eigenvalue weighted by atomic mass is 9.73. The Labute approximate surface area is 179 Å². The third-order valence-corrected chi connectivity index (χ3v) is 7.00. The highest BCUT2D eigenvalue weighted by molar-refractivity contribution is 5.97. The normalized spacial score (nSPS) is 31.5. The van der Waals surface area contributed by atoms with E-state index in [1.54, 1.807) is 0 Å². The molecule has 6 nitrogen and oxygen atoms in total. The summed E-state index contributed by atoms with van der Waals surface area (Å²) >= 11 is 0. The fraction of sp³-hybridized carbons (Fsp3) is 0.636. The Morgan fingerprint density at radius 2 is 2.00 bits per heavy atom. The summed E-state index contributed by atoms with van der Waals surface area (Å²) in [7, 11) is 0. The lowest BCUT2D eigenvalue weighted by molar-refractivity contribution is -0.162. The van der Waals surface area contributed by atoms with Crippen molar-refractivity contribution in [2.75, 3.05) is 26.2 Å². The fourth-order valence-electron chi connectivity index (χ4n) is 5.22. The molecule has 2 amide bonds. The molecule has 170 valence electrons. The van der Waals surface area contributed by atoms with Gasteiger partial charge in [-0.25, -0.2) is 0 Å². The molecule has 5 unspecified atom stereocenters. The van der Waals surface area contributed by atoms with Gasteiger partial charge < -0.3 is 21.3 Å². The molecule has 31 heavy (non-hydrogen) atoms. The van der Waals surface area contributed by atoms with E-state index >= 15 is 0 Å². The smallest absolute Gasteiger partial charge is 0.353 e. The number of carbonyl (C=O) groups is 2. The molecule has 2 saturated heterocycles. The minimum Gasteiger partial charge on any atom is -0.353 e. The molecule has 9 heteroatoms. The van der Waals surface area contributed by atoms with Crippen LogP contribution in [0.4, 0.5) is 13.2 Å². The van der Waals surface area contributed by atoms with E-state index in [0.29, 0.717) is 31.6 Å². The predicted molar refractivity (Wildman–Crippen MR) is 110 cm³/mol. The van der Waals surface area contributed by atoms with Gasteiger partial charge in [-0.15, -0.1) is 0 Å². The number of alkyl halides is 3. The molecule has 2 fully saturated rings. The van der Waals surface area contributed by atoms with E-state index in [1.165, 1.54) is 0 Å². The highest BCUT2D eigenvalue weighted by Gasteiger charge is 2.43. The van der Waals surface area contributed by atoms with Gasteiger partial charge in [-0.05, 0) is 48.9 Å². The lowest BCUT2D eigenvalue weighted by Gasteiger charge is -2.39. The first-order valence-electron chi connectivity index (χ1n) is 11.0. The highest BCUT2D eigenvalue weighted by atomic mass is 19.4. The Kier molecular flexibility index (Phi) is 6.25. The van der Waals surface area contributed by atoms with Crippen LogP contribution in [0.3, 0.4) is 0 Å².